The van der Waals surface area contributed by atoms with Gasteiger partial charge in [-0.05, 0) is 60.8 Å². The summed E-state index contributed by atoms with van der Waals surface area (Å²) in [5.74, 6) is 0.901. The van der Waals surface area contributed by atoms with Gasteiger partial charge in [0.15, 0.2) is 0 Å². The highest BCUT2D eigenvalue weighted by atomic mass is 16.5. The fourth-order valence-corrected chi connectivity index (χ4v) is 4.20. The third-order valence-electron chi connectivity index (χ3n) is 5.12. The molecule has 4 nitrogen and oxygen atoms in total. The van der Waals surface area contributed by atoms with E-state index in [2.05, 4.69) is 0 Å². The molecule has 3 N–H and O–H groups in total. The van der Waals surface area contributed by atoms with Crippen LogP contribution in [-0.2, 0) is 4.79 Å². The Morgan fingerprint density at radius 3 is 2.75 bits per heavy atom. The van der Waals surface area contributed by atoms with E-state index in [-0.39, 0.29) is 5.92 Å². The van der Waals surface area contributed by atoms with Gasteiger partial charge in [0, 0.05) is 5.69 Å². The number of anilines is 1. The number of methoxy groups -OCH3 is 1. The number of nitrogen functional groups attached to an aromatic ring is 1. The molecule has 4 unspecified atom stereocenters. The number of ether oxygens (including phenoxy) is 1. The molecule has 0 spiro atoms. The first-order valence-electron chi connectivity index (χ1n) is 7.26. The Hall–Kier alpha value is -1.71. The Labute approximate surface area is 118 Å². The summed E-state index contributed by atoms with van der Waals surface area (Å²) in [4.78, 5) is 11.8. The van der Waals surface area contributed by atoms with Gasteiger partial charge in [0.05, 0.1) is 13.0 Å². The summed E-state index contributed by atoms with van der Waals surface area (Å²) in [6.45, 7) is 0. The van der Waals surface area contributed by atoms with Crippen LogP contribution >= 0.6 is 0 Å². The van der Waals surface area contributed by atoms with Crippen molar-refractivity contribution in [3.8, 4) is 5.75 Å². The predicted octanol–water partition coefficient (Wildman–Crippen LogP) is 2.88. The van der Waals surface area contributed by atoms with Crippen LogP contribution in [0.3, 0.4) is 0 Å². The smallest absolute Gasteiger partial charge is 0.311 e. The third-order valence-corrected chi connectivity index (χ3v) is 5.12. The second-order valence-corrected chi connectivity index (χ2v) is 6.15. The van der Waals surface area contributed by atoms with Crippen molar-refractivity contribution in [3.05, 3.63) is 23.8 Å². The molecule has 0 saturated heterocycles. The van der Waals surface area contributed by atoms with Crippen molar-refractivity contribution in [2.75, 3.05) is 12.8 Å². The van der Waals surface area contributed by atoms with Gasteiger partial charge in [0.2, 0.25) is 0 Å². The molecule has 2 saturated carbocycles. The van der Waals surface area contributed by atoms with Crippen LogP contribution in [-0.4, -0.2) is 18.2 Å². The zero-order valence-corrected chi connectivity index (χ0v) is 11.7. The van der Waals surface area contributed by atoms with E-state index < -0.39 is 11.9 Å². The highest BCUT2D eigenvalue weighted by Crippen LogP contribution is 2.54. The zero-order chi connectivity index (χ0) is 14.3. The summed E-state index contributed by atoms with van der Waals surface area (Å²) in [5, 5.41) is 9.71. The quantitative estimate of drug-likeness (QED) is 0.829. The Morgan fingerprint density at radius 2 is 2.20 bits per heavy atom. The molecule has 1 aromatic rings. The fourth-order valence-electron chi connectivity index (χ4n) is 4.20. The normalized spacial score (nSPS) is 29.4. The van der Waals surface area contributed by atoms with Crippen molar-refractivity contribution in [1.82, 2.24) is 0 Å². The van der Waals surface area contributed by atoms with Crippen LogP contribution in [0.2, 0.25) is 0 Å². The molecule has 4 atom stereocenters. The van der Waals surface area contributed by atoms with Gasteiger partial charge in [0.25, 0.3) is 0 Å². The van der Waals surface area contributed by atoms with Crippen LogP contribution in [0, 0.1) is 17.8 Å². The van der Waals surface area contributed by atoms with Crippen LogP contribution < -0.4 is 10.5 Å². The predicted molar refractivity (Wildman–Crippen MR) is 76.7 cm³/mol. The Kier molecular flexibility index (Phi) is 3.32. The zero-order valence-electron chi connectivity index (χ0n) is 11.7. The number of carboxylic acid groups (broad SMARTS) is 1. The van der Waals surface area contributed by atoms with E-state index in [0.717, 1.165) is 17.9 Å². The molecule has 2 fully saturated rings. The molecule has 108 valence electrons. The van der Waals surface area contributed by atoms with Crippen LogP contribution in [0.4, 0.5) is 5.69 Å². The molecule has 2 aliphatic carbocycles. The number of carbonyl (C=O) groups is 1. The maximum atomic E-state index is 11.8. The van der Waals surface area contributed by atoms with Gasteiger partial charge in [-0.3, -0.25) is 4.79 Å². The summed E-state index contributed by atoms with van der Waals surface area (Å²) in [5.41, 5.74) is 7.30. The summed E-state index contributed by atoms with van der Waals surface area (Å²) in [6, 6.07) is 5.32. The molecule has 0 heterocycles. The highest BCUT2D eigenvalue weighted by Gasteiger charge is 2.46. The van der Waals surface area contributed by atoms with Crippen molar-refractivity contribution < 1.29 is 14.6 Å². The molecule has 3 rings (SSSR count). The second-order valence-electron chi connectivity index (χ2n) is 6.15. The molecular formula is C16H21NO3. The van der Waals surface area contributed by atoms with Gasteiger partial charge in [-0.2, -0.15) is 0 Å². The number of carboxylic acids is 1. The molecule has 2 aliphatic rings. The van der Waals surface area contributed by atoms with Gasteiger partial charge in [-0.15, -0.1) is 0 Å². The average molecular weight is 275 g/mol. The molecule has 2 bridgehead atoms. The molecule has 0 radical (unpaired) electrons. The standard InChI is InChI=1S/C16H21NO3/c1-20-11-4-5-14(17)13(8-11)15(16(18)19)12-7-9-2-3-10(12)6-9/h4-5,8-10,12,15H,2-3,6-7,17H2,1H3,(H,18,19). The van der Waals surface area contributed by atoms with E-state index >= 15 is 0 Å². The van der Waals surface area contributed by atoms with E-state index in [1.807, 2.05) is 0 Å². The first kappa shape index (κ1) is 13.3. The SMILES string of the molecule is COc1ccc(N)c(C(C(=O)O)C2CC3CCC2C3)c1. The first-order valence-corrected chi connectivity index (χ1v) is 7.26. The van der Waals surface area contributed by atoms with Crippen LogP contribution in [0.5, 0.6) is 5.75 Å². The minimum absolute atomic E-state index is 0.223. The van der Waals surface area contributed by atoms with Gasteiger partial charge in [-0.1, -0.05) is 6.42 Å². The number of nitrogens with two attached hydrogens (primary N) is 1. The molecule has 20 heavy (non-hydrogen) atoms. The molecule has 1 aromatic carbocycles. The molecule has 0 aromatic heterocycles. The van der Waals surface area contributed by atoms with Crippen molar-refractivity contribution in [1.29, 1.82) is 0 Å². The van der Waals surface area contributed by atoms with Gasteiger partial charge in [0.1, 0.15) is 5.75 Å². The summed E-state index contributed by atoms with van der Waals surface area (Å²) < 4.78 is 5.22. The Balaban J connectivity index is 1.97. The number of rotatable bonds is 4. The van der Waals surface area contributed by atoms with Crippen LogP contribution in [0.25, 0.3) is 0 Å². The van der Waals surface area contributed by atoms with Crippen LogP contribution in [0.1, 0.15) is 37.2 Å². The molecule has 0 aliphatic heterocycles. The maximum absolute atomic E-state index is 11.8. The summed E-state index contributed by atoms with van der Waals surface area (Å²) in [7, 11) is 1.59. The largest absolute Gasteiger partial charge is 0.497 e. The van der Waals surface area contributed by atoms with E-state index in [0.29, 0.717) is 17.4 Å². The van der Waals surface area contributed by atoms with Crippen molar-refractivity contribution in [2.45, 2.75) is 31.6 Å². The van der Waals surface area contributed by atoms with E-state index in [9.17, 15) is 9.90 Å². The summed E-state index contributed by atoms with van der Waals surface area (Å²) >= 11 is 0. The minimum atomic E-state index is -0.762. The molecular weight excluding hydrogens is 254 g/mol. The lowest BCUT2D eigenvalue weighted by molar-refractivity contribution is -0.140. The number of aliphatic carboxylic acids is 1. The van der Waals surface area contributed by atoms with E-state index in [4.69, 9.17) is 10.5 Å². The van der Waals surface area contributed by atoms with Crippen LogP contribution in [0.15, 0.2) is 18.2 Å². The van der Waals surface area contributed by atoms with E-state index in [1.54, 1.807) is 25.3 Å². The number of benzene rings is 1. The van der Waals surface area contributed by atoms with E-state index in [1.165, 1.54) is 19.3 Å². The first-order chi connectivity index (χ1) is 9.60. The number of hydrogen-bond donors (Lipinski definition) is 2. The second kappa shape index (κ2) is 5.00. The number of fused-ring (bicyclic) bond motifs is 2. The maximum Gasteiger partial charge on any atom is 0.311 e. The Morgan fingerprint density at radius 1 is 1.40 bits per heavy atom. The van der Waals surface area contributed by atoms with Gasteiger partial charge >= 0.3 is 5.97 Å². The fraction of sp³-hybridized carbons (Fsp3) is 0.562. The Bertz CT molecular complexity index is 528. The lowest BCUT2D eigenvalue weighted by Crippen LogP contribution is -2.26. The minimum Gasteiger partial charge on any atom is -0.497 e. The van der Waals surface area contributed by atoms with Gasteiger partial charge < -0.3 is 15.6 Å². The van der Waals surface area contributed by atoms with Crippen molar-refractivity contribution >= 4 is 11.7 Å². The highest BCUT2D eigenvalue weighted by molar-refractivity contribution is 5.79. The molecule has 4 heteroatoms. The molecule has 0 amide bonds. The van der Waals surface area contributed by atoms with Gasteiger partial charge in [-0.25, -0.2) is 0 Å². The topological polar surface area (TPSA) is 72.5 Å². The summed E-state index contributed by atoms with van der Waals surface area (Å²) in [6.07, 6.45) is 4.65. The average Bonchev–Trinajstić information content (AvgIpc) is 3.03. The monoisotopic (exact) mass is 275 g/mol. The lowest BCUT2D eigenvalue weighted by atomic mass is 9.75. The van der Waals surface area contributed by atoms with Crippen molar-refractivity contribution in [2.24, 2.45) is 17.8 Å². The number of hydrogen-bond acceptors (Lipinski definition) is 3. The lowest BCUT2D eigenvalue weighted by Gasteiger charge is -2.29. The van der Waals surface area contributed by atoms with Crippen molar-refractivity contribution in [3.63, 3.8) is 0 Å². The third kappa shape index (κ3) is 2.13.